The second kappa shape index (κ2) is 3.50. The summed E-state index contributed by atoms with van der Waals surface area (Å²) in [7, 11) is 1.13. The molecular formula is C9H11F3N2O2. The van der Waals surface area contributed by atoms with Crippen LogP contribution in [0.3, 0.4) is 0 Å². The molecule has 0 bridgehead atoms. The van der Waals surface area contributed by atoms with Gasteiger partial charge in [0.1, 0.15) is 5.69 Å². The third-order valence-corrected chi connectivity index (χ3v) is 2.42. The quantitative estimate of drug-likeness (QED) is 0.851. The number of hydrogen-bond acceptors (Lipinski definition) is 2. The van der Waals surface area contributed by atoms with Crippen molar-refractivity contribution in [2.45, 2.75) is 25.4 Å². The lowest BCUT2D eigenvalue weighted by Crippen LogP contribution is -2.31. The molecule has 0 saturated carbocycles. The highest BCUT2D eigenvalue weighted by Gasteiger charge is 2.44. The number of nitrogens with zero attached hydrogens (tertiary/aromatic N) is 2. The maximum Gasteiger partial charge on any atom is 0.433 e. The molecule has 0 aliphatic heterocycles. The molecule has 0 fully saturated rings. The van der Waals surface area contributed by atoms with Crippen molar-refractivity contribution >= 4 is 5.97 Å². The van der Waals surface area contributed by atoms with Gasteiger partial charge < -0.3 is 5.11 Å². The molecule has 0 aromatic carbocycles. The van der Waals surface area contributed by atoms with Gasteiger partial charge in [-0.1, -0.05) is 0 Å². The fourth-order valence-electron chi connectivity index (χ4n) is 1.35. The minimum Gasteiger partial charge on any atom is -0.481 e. The normalized spacial score (nSPS) is 12.9. The minimum absolute atomic E-state index is 0.338. The first-order valence-corrected chi connectivity index (χ1v) is 4.41. The van der Waals surface area contributed by atoms with Gasteiger partial charge in [0.15, 0.2) is 0 Å². The van der Waals surface area contributed by atoms with Crippen LogP contribution in [0.25, 0.3) is 0 Å². The second-order valence-electron chi connectivity index (χ2n) is 3.96. The van der Waals surface area contributed by atoms with Crippen LogP contribution in [0.5, 0.6) is 0 Å². The van der Waals surface area contributed by atoms with E-state index in [9.17, 15) is 18.0 Å². The molecule has 0 amide bonds. The number of halogens is 3. The van der Waals surface area contributed by atoms with E-state index >= 15 is 0 Å². The maximum absolute atomic E-state index is 12.7. The van der Waals surface area contributed by atoms with E-state index < -0.39 is 23.3 Å². The number of aliphatic carboxylic acids is 1. The number of rotatable bonds is 2. The van der Waals surface area contributed by atoms with Crippen molar-refractivity contribution in [3.05, 3.63) is 17.5 Å². The van der Waals surface area contributed by atoms with Gasteiger partial charge in [-0.15, -0.1) is 0 Å². The average Bonchev–Trinajstić information content (AvgIpc) is 2.46. The molecule has 0 spiro atoms. The first-order chi connectivity index (χ1) is 7.08. The van der Waals surface area contributed by atoms with Crippen LogP contribution < -0.4 is 0 Å². The monoisotopic (exact) mass is 236 g/mol. The summed E-state index contributed by atoms with van der Waals surface area (Å²) < 4.78 is 38.7. The van der Waals surface area contributed by atoms with Gasteiger partial charge in [-0.2, -0.15) is 18.3 Å². The maximum atomic E-state index is 12.7. The van der Waals surface area contributed by atoms with E-state index in [-0.39, 0.29) is 5.56 Å². The fourth-order valence-corrected chi connectivity index (χ4v) is 1.35. The predicted octanol–water partition coefficient (Wildman–Crippen LogP) is 1.80. The Labute approximate surface area is 89.7 Å². The Hall–Kier alpha value is -1.53. The smallest absolute Gasteiger partial charge is 0.433 e. The van der Waals surface area contributed by atoms with Crippen molar-refractivity contribution in [3.63, 3.8) is 0 Å². The largest absolute Gasteiger partial charge is 0.481 e. The number of aryl methyl sites for hydroxylation is 1. The lowest BCUT2D eigenvalue weighted by Gasteiger charge is -2.20. The van der Waals surface area contributed by atoms with Gasteiger partial charge in [-0.05, 0) is 13.8 Å². The molecule has 16 heavy (non-hydrogen) atoms. The Kier molecular flexibility index (Phi) is 2.74. The molecule has 1 rings (SSSR count). The Morgan fingerprint density at radius 3 is 2.31 bits per heavy atom. The molecule has 7 heteroatoms. The van der Waals surface area contributed by atoms with Crippen LogP contribution in [0.15, 0.2) is 6.20 Å². The fraction of sp³-hybridized carbons (Fsp3) is 0.556. The van der Waals surface area contributed by atoms with Gasteiger partial charge in [-0.3, -0.25) is 9.48 Å². The molecular weight excluding hydrogens is 225 g/mol. The van der Waals surface area contributed by atoms with Crippen LogP contribution in [0.4, 0.5) is 13.2 Å². The van der Waals surface area contributed by atoms with Crippen molar-refractivity contribution in [2.24, 2.45) is 7.05 Å². The molecule has 0 radical (unpaired) electrons. The molecule has 0 atom stereocenters. The summed E-state index contributed by atoms with van der Waals surface area (Å²) in [6.07, 6.45) is -3.68. The van der Waals surface area contributed by atoms with Gasteiger partial charge in [0, 0.05) is 12.6 Å². The number of carbonyl (C=O) groups is 1. The highest BCUT2D eigenvalue weighted by atomic mass is 19.4. The number of carboxylic acid groups (broad SMARTS) is 1. The first-order valence-electron chi connectivity index (χ1n) is 4.41. The van der Waals surface area contributed by atoms with E-state index in [4.69, 9.17) is 5.11 Å². The van der Waals surface area contributed by atoms with E-state index in [1.54, 1.807) is 0 Å². The number of aromatic nitrogens is 2. The molecule has 4 nitrogen and oxygen atoms in total. The number of alkyl halides is 3. The lowest BCUT2D eigenvalue weighted by atomic mass is 9.85. The first kappa shape index (κ1) is 12.5. The van der Waals surface area contributed by atoms with Crippen molar-refractivity contribution in [1.82, 2.24) is 9.78 Å². The minimum atomic E-state index is -4.62. The molecule has 1 aromatic rings. The van der Waals surface area contributed by atoms with Crippen LogP contribution >= 0.6 is 0 Å². The highest BCUT2D eigenvalue weighted by Crippen LogP contribution is 2.37. The van der Waals surface area contributed by atoms with Gasteiger partial charge in [0.05, 0.1) is 11.6 Å². The molecule has 0 aliphatic carbocycles. The summed E-state index contributed by atoms with van der Waals surface area (Å²) >= 11 is 0. The molecule has 0 aliphatic rings. The number of carboxylic acids is 1. The Morgan fingerprint density at radius 1 is 1.44 bits per heavy atom. The van der Waals surface area contributed by atoms with Crippen molar-refractivity contribution in [1.29, 1.82) is 0 Å². The summed E-state index contributed by atoms with van der Waals surface area (Å²) in [5.74, 6) is -1.33. The standard InChI is InChI=1S/C9H11F3N2O2/c1-8(2,7(15)16)5-4-13-14(3)6(5)9(10,11)12/h4H,1-3H3,(H,15,16). The molecule has 1 N–H and O–H groups in total. The van der Waals surface area contributed by atoms with E-state index in [1.807, 2.05) is 0 Å². The third-order valence-electron chi connectivity index (χ3n) is 2.42. The average molecular weight is 236 g/mol. The molecule has 0 unspecified atom stereocenters. The van der Waals surface area contributed by atoms with Crippen LogP contribution in [-0.2, 0) is 23.4 Å². The van der Waals surface area contributed by atoms with Crippen molar-refractivity contribution in [3.8, 4) is 0 Å². The Morgan fingerprint density at radius 2 is 1.94 bits per heavy atom. The Bertz CT molecular complexity index is 421. The summed E-state index contributed by atoms with van der Waals surface area (Å²) in [5, 5.41) is 12.4. The van der Waals surface area contributed by atoms with Gasteiger partial charge >= 0.3 is 12.1 Å². The van der Waals surface area contributed by atoms with Crippen LogP contribution in [-0.4, -0.2) is 20.9 Å². The van der Waals surface area contributed by atoms with Crippen LogP contribution in [0, 0.1) is 0 Å². The van der Waals surface area contributed by atoms with Crippen LogP contribution in [0.2, 0.25) is 0 Å². The van der Waals surface area contributed by atoms with Crippen molar-refractivity contribution in [2.75, 3.05) is 0 Å². The lowest BCUT2D eigenvalue weighted by molar-refractivity contribution is -0.147. The van der Waals surface area contributed by atoms with Gasteiger partial charge in [-0.25, -0.2) is 0 Å². The van der Waals surface area contributed by atoms with Crippen molar-refractivity contribution < 1.29 is 23.1 Å². The zero-order valence-corrected chi connectivity index (χ0v) is 8.96. The number of hydrogen-bond donors (Lipinski definition) is 1. The Balaban J connectivity index is 3.43. The zero-order valence-electron chi connectivity index (χ0n) is 8.96. The topological polar surface area (TPSA) is 55.1 Å². The molecule has 1 aromatic heterocycles. The van der Waals surface area contributed by atoms with E-state index in [0.29, 0.717) is 4.68 Å². The molecule has 90 valence electrons. The molecule has 1 heterocycles. The summed E-state index contributed by atoms with van der Waals surface area (Å²) in [6.45, 7) is 2.42. The molecule has 0 saturated heterocycles. The van der Waals surface area contributed by atoms with Gasteiger partial charge in [0.2, 0.25) is 0 Å². The van der Waals surface area contributed by atoms with E-state index in [0.717, 1.165) is 13.2 Å². The highest BCUT2D eigenvalue weighted by molar-refractivity contribution is 5.80. The summed E-state index contributed by atoms with van der Waals surface area (Å²) in [6, 6.07) is 0. The van der Waals surface area contributed by atoms with E-state index in [1.165, 1.54) is 13.8 Å². The predicted molar refractivity (Wildman–Crippen MR) is 48.9 cm³/mol. The van der Waals surface area contributed by atoms with Gasteiger partial charge in [0.25, 0.3) is 0 Å². The summed E-state index contributed by atoms with van der Waals surface area (Å²) in [5.41, 5.74) is -2.99. The third kappa shape index (κ3) is 1.89. The zero-order chi connectivity index (χ0) is 12.7. The van der Waals surface area contributed by atoms with E-state index in [2.05, 4.69) is 5.10 Å². The SMILES string of the molecule is Cn1ncc(C(C)(C)C(=O)O)c1C(F)(F)F. The second-order valence-corrected chi connectivity index (χ2v) is 3.96. The van der Waals surface area contributed by atoms with Crippen LogP contribution in [0.1, 0.15) is 25.1 Å². The summed E-state index contributed by atoms with van der Waals surface area (Å²) in [4.78, 5) is 10.9.